The summed E-state index contributed by atoms with van der Waals surface area (Å²) in [6.45, 7) is 3.27. The van der Waals surface area contributed by atoms with E-state index in [1.165, 1.54) is 0 Å². The van der Waals surface area contributed by atoms with Gasteiger partial charge in [-0.2, -0.15) is 0 Å². The summed E-state index contributed by atoms with van der Waals surface area (Å²) in [6.07, 6.45) is 6.19. The second-order valence-corrected chi connectivity index (χ2v) is 8.71. The fraction of sp³-hybridized carbons (Fsp3) is 0.462. The van der Waals surface area contributed by atoms with Crippen molar-refractivity contribution in [1.82, 2.24) is 20.6 Å². The fourth-order valence-electron chi connectivity index (χ4n) is 4.05. The van der Waals surface area contributed by atoms with E-state index in [-0.39, 0.29) is 23.7 Å². The maximum absolute atomic E-state index is 12.7. The zero-order valence-electron chi connectivity index (χ0n) is 19.8. The van der Waals surface area contributed by atoms with Gasteiger partial charge in [0.25, 0.3) is 0 Å². The van der Waals surface area contributed by atoms with E-state index >= 15 is 0 Å². The number of pyridine rings is 1. The molecule has 8 nitrogen and oxygen atoms in total. The number of nitrogens with zero attached hydrogens (tertiary/aromatic N) is 2. The maximum atomic E-state index is 12.7. The molecule has 2 aromatic heterocycles. The molecular weight excluding hydrogens is 432 g/mol. The quantitative estimate of drug-likeness (QED) is 0.387. The summed E-state index contributed by atoms with van der Waals surface area (Å²) in [7, 11) is 1.58. The van der Waals surface area contributed by atoms with Crippen molar-refractivity contribution in [1.29, 1.82) is 0 Å². The summed E-state index contributed by atoms with van der Waals surface area (Å²) in [5, 5.41) is 7.22. The number of hydrogen-bond donors (Lipinski definition) is 2. The highest BCUT2D eigenvalue weighted by Gasteiger charge is 2.29. The number of carbonyl (C=O) groups excluding carboxylic acids is 2. The summed E-state index contributed by atoms with van der Waals surface area (Å²) < 4.78 is 11.7. The van der Waals surface area contributed by atoms with Crippen LogP contribution in [-0.2, 0) is 9.59 Å². The second-order valence-electron chi connectivity index (χ2n) is 8.71. The van der Waals surface area contributed by atoms with Crippen LogP contribution in [0.25, 0.3) is 22.2 Å². The summed E-state index contributed by atoms with van der Waals surface area (Å²) in [4.78, 5) is 33.3. The van der Waals surface area contributed by atoms with Crippen molar-refractivity contribution < 1.29 is 18.7 Å². The molecule has 180 valence electrons. The van der Waals surface area contributed by atoms with Gasteiger partial charge in [-0.3, -0.25) is 9.59 Å². The Labute approximate surface area is 199 Å². The molecule has 0 spiro atoms. The molecule has 1 aliphatic heterocycles. The lowest BCUT2D eigenvalue weighted by molar-refractivity contribution is -0.127. The zero-order chi connectivity index (χ0) is 23.9. The number of Topliss-reactive ketones (excluding diaryl/α,β-unsaturated/α-hetero) is 1. The van der Waals surface area contributed by atoms with Crippen molar-refractivity contribution in [3.05, 3.63) is 42.4 Å². The Morgan fingerprint density at radius 2 is 2.06 bits per heavy atom. The lowest BCUT2D eigenvalue weighted by Crippen LogP contribution is -2.51. The monoisotopic (exact) mass is 464 g/mol. The highest BCUT2D eigenvalue weighted by molar-refractivity contribution is 5.85. The number of fused-ring (bicyclic) bond motifs is 1. The van der Waals surface area contributed by atoms with Gasteiger partial charge in [0.05, 0.1) is 30.3 Å². The van der Waals surface area contributed by atoms with E-state index in [0.717, 1.165) is 30.2 Å². The van der Waals surface area contributed by atoms with Crippen molar-refractivity contribution >= 4 is 22.6 Å². The maximum Gasteiger partial charge on any atom is 0.226 e. The predicted molar refractivity (Wildman–Crippen MR) is 129 cm³/mol. The van der Waals surface area contributed by atoms with Gasteiger partial charge in [0.1, 0.15) is 11.8 Å². The number of aromatic nitrogens is 2. The average Bonchev–Trinajstić information content (AvgIpc) is 3.31. The van der Waals surface area contributed by atoms with E-state index in [0.29, 0.717) is 55.4 Å². The first kappa shape index (κ1) is 23.9. The summed E-state index contributed by atoms with van der Waals surface area (Å²) in [5.41, 5.74) is 1.55. The van der Waals surface area contributed by atoms with E-state index in [4.69, 9.17) is 9.15 Å². The lowest BCUT2D eigenvalue weighted by Gasteiger charge is -2.27. The van der Waals surface area contributed by atoms with Gasteiger partial charge in [-0.25, -0.2) is 9.97 Å². The number of methoxy groups -OCH3 is 1. The van der Waals surface area contributed by atoms with Crippen molar-refractivity contribution in [3.8, 4) is 17.2 Å². The van der Waals surface area contributed by atoms with E-state index in [9.17, 15) is 9.59 Å². The fourth-order valence-corrected chi connectivity index (χ4v) is 4.05. The van der Waals surface area contributed by atoms with Crippen LogP contribution in [0.2, 0.25) is 0 Å². The largest absolute Gasteiger partial charge is 0.480 e. The van der Waals surface area contributed by atoms with E-state index in [1.54, 1.807) is 13.3 Å². The van der Waals surface area contributed by atoms with Crippen molar-refractivity contribution in [2.24, 2.45) is 5.92 Å². The van der Waals surface area contributed by atoms with Crippen LogP contribution in [0.4, 0.5) is 0 Å². The number of oxazole rings is 1. The molecule has 1 atom stereocenters. The van der Waals surface area contributed by atoms with Crippen molar-refractivity contribution in [2.45, 2.75) is 51.5 Å². The zero-order valence-corrected chi connectivity index (χ0v) is 19.8. The van der Waals surface area contributed by atoms with Crippen LogP contribution >= 0.6 is 0 Å². The smallest absolute Gasteiger partial charge is 0.226 e. The number of para-hydroxylation sites is 1. The molecule has 1 saturated heterocycles. The number of unbranched alkanes of at least 4 members (excludes halogenated alkanes) is 2. The molecule has 3 heterocycles. The lowest BCUT2D eigenvalue weighted by atomic mass is 10.0. The Balaban J connectivity index is 1.51. The topological polar surface area (TPSA) is 106 Å². The third-order valence-electron chi connectivity index (χ3n) is 6.28. The standard InChI is InChI=1S/C26H32N4O4/c1-3-19(31)10-5-4-6-12-22(29-24(32)18-14-27-15-18)26-28-16-23(34-26)20-13-17-9-7-8-11-21(17)30-25(20)33-2/h7-9,11,13,16,18,22,27H,3-6,10,12,14-15H2,1-2H3,(H,29,32). The molecule has 3 aromatic rings. The molecule has 4 rings (SSSR count). The summed E-state index contributed by atoms with van der Waals surface area (Å²) >= 11 is 0. The first-order valence-corrected chi connectivity index (χ1v) is 12.0. The molecule has 1 fully saturated rings. The van der Waals surface area contributed by atoms with Crippen LogP contribution in [0.15, 0.2) is 40.9 Å². The molecule has 1 aromatic carbocycles. The number of rotatable bonds is 12. The normalized spacial score (nSPS) is 14.5. The average molecular weight is 465 g/mol. The van der Waals surface area contributed by atoms with Crippen LogP contribution in [0.5, 0.6) is 5.88 Å². The van der Waals surface area contributed by atoms with Gasteiger partial charge >= 0.3 is 0 Å². The summed E-state index contributed by atoms with van der Waals surface area (Å²) in [5.74, 6) is 1.75. The number of ketones is 1. The number of hydrogen-bond acceptors (Lipinski definition) is 7. The molecule has 1 unspecified atom stereocenters. The molecule has 0 radical (unpaired) electrons. The van der Waals surface area contributed by atoms with Crippen LogP contribution in [-0.4, -0.2) is 41.9 Å². The van der Waals surface area contributed by atoms with Gasteiger partial charge in [-0.1, -0.05) is 38.0 Å². The summed E-state index contributed by atoms with van der Waals surface area (Å²) in [6, 6.07) is 9.46. The molecule has 0 bridgehead atoms. The highest BCUT2D eigenvalue weighted by Crippen LogP contribution is 2.33. The van der Waals surface area contributed by atoms with Crippen LogP contribution in [0, 0.1) is 5.92 Å². The molecule has 1 aliphatic rings. The third-order valence-corrected chi connectivity index (χ3v) is 6.28. The molecular formula is C26H32N4O4. The molecule has 8 heteroatoms. The van der Waals surface area contributed by atoms with Crippen LogP contribution < -0.4 is 15.4 Å². The Morgan fingerprint density at radius 3 is 2.79 bits per heavy atom. The minimum atomic E-state index is -0.330. The predicted octanol–water partition coefficient (Wildman–Crippen LogP) is 4.20. The minimum Gasteiger partial charge on any atom is -0.480 e. The molecule has 0 aliphatic carbocycles. The Morgan fingerprint density at radius 1 is 1.24 bits per heavy atom. The number of nitrogens with one attached hydrogen (secondary N) is 2. The number of benzene rings is 1. The van der Waals surface area contributed by atoms with Crippen LogP contribution in [0.1, 0.15) is 57.4 Å². The Hall–Kier alpha value is -3.26. The van der Waals surface area contributed by atoms with Gasteiger partial charge in [-0.15, -0.1) is 0 Å². The van der Waals surface area contributed by atoms with Crippen LogP contribution in [0.3, 0.4) is 0 Å². The molecule has 0 saturated carbocycles. The third kappa shape index (κ3) is 5.62. The van der Waals surface area contributed by atoms with E-state index < -0.39 is 0 Å². The first-order chi connectivity index (χ1) is 16.6. The van der Waals surface area contributed by atoms with E-state index in [1.807, 2.05) is 37.3 Å². The van der Waals surface area contributed by atoms with Gasteiger partial charge in [0.2, 0.25) is 17.7 Å². The number of carbonyl (C=O) groups is 2. The van der Waals surface area contributed by atoms with Gasteiger partial charge in [-0.05, 0) is 25.0 Å². The number of ether oxygens (including phenoxy) is 1. The van der Waals surface area contributed by atoms with E-state index in [2.05, 4.69) is 20.6 Å². The molecule has 1 amide bonds. The van der Waals surface area contributed by atoms with Gasteiger partial charge in [0.15, 0.2) is 5.76 Å². The first-order valence-electron chi connectivity index (χ1n) is 12.0. The molecule has 2 N–H and O–H groups in total. The number of amides is 1. The highest BCUT2D eigenvalue weighted by atomic mass is 16.5. The molecule has 34 heavy (non-hydrogen) atoms. The Kier molecular flexibility index (Phi) is 7.90. The van der Waals surface area contributed by atoms with Crippen molar-refractivity contribution in [2.75, 3.05) is 20.2 Å². The van der Waals surface area contributed by atoms with Gasteiger partial charge in [0, 0.05) is 31.3 Å². The van der Waals surface area contributed by atoms with Gasteiger partial charge < -0.3 is 19.8 Å². The second kappa shape index (κ2) is 11.2. The Bertz CT molecular complexity index is 1140. The SMILES string of the molecule is CCC(=O)CCCCCC(NC(=O)C1CNC1)c1ncc(-c2cc3ccccc3nc2OC)o1. The minimum absolute atomic E-state index is 0.00890. The van der Waals surface area contributed by atoms with Crippen molar-refractivity contribution in [3.63, 3.8) is 0 Å².